The van der Waals surface area contributed by atoms with Crippen LogP contribution in [0.25, 0.3) is 0 Å². The number of benzene rings is 1. The number of methoxy groups -OCH3 is 1. The fourth-order valence-electron chi connectivity index (χ4n) is 4.33. The lowest BCUT2D eigenvalue weighted by Gasteiger charge is -2.36. The second kappa shape index (κ2) is 9.18. The molecule has 148 valence electrons. The Morgan fingerprint density at radius 3 is 2.59 bits per heavy atom. The first-order chi connectivity index (χ1) is 13.0. The molecule has 1 aliphatic carbocycles. The Hall–Kier alpha value is -1.42. The number of terminal acetylenes is 1. The number of aliphatic hydroxyl groups excluding tert-OH is 3. The highest BCUT2D eigenvalue weighted by Crippen LogP contribution is 2.34. The van der Waals surface area contributed by atoms with Gasteiger partial charge in [0.15, 0.2) is 0 Å². The SMILES string of the molecule is C#Cc1ccc([C@H]2C[C@@H](O)[C@H](O)[C@@H](CO)O2)cc1CC1CCC(OC)CC1. The monoisotopic (exact) mass is 374 g/mol. The van der Waals surface area contributed by atoms with Gasteiger partial charge in [0.2, 0.25) is 0 Å². The zero-order valence-electron chi connectivity index (χ0n) is 15.9. The maximum absolute atomic E-state index is 10.1. The third-order valence-corrected chi connectivity index (χ3v) is 6.04. The van der Waals surface area contributed by atoms with Gasteiger partial charge in [0, 0.05) is 19.1 Å². The van der Waals surface area contributed by atoms with E-state index in [1.807, 2.05) is 12.1 Å². The third-order valence-electron chi connectivity index (χ3n) is 6.04. The lowest BCUT2D eigenvalue weighted by atomic mass is 9.82. The van der Waals surface area contributed by atoms with Gasteiger partial charge in [-0.05, 0) is 55.2 Å². The molecule has 5 heteroatoms. The van der Waals surface area contributed by atoms with E-state index in [0.717, 1.165) is 48.8 Å². The molecule has 0 aromatic heterocycles. The molecule has 5 nitrogen and oxygen atoms in total. The number of hydrogen-bond donors (Lipinski definition) is 3. The summed E-state index contributed by atoms with van der Waals surface area (Å²) in [5.74, 6) is 3.36. The molecule has 0 radical (unpaired) electrons. The Labute approximate surface area is 161 Å². The van der Waals surface area contributed by atoms with Crippen LogP contribution in [0.15, 0.2) is 18.2 Å². The summed E-state index contributed by atoms with van der Waals surface area (Å²) in [6.07, 6.45) is 8.60. The molecule has 0 bridgehead atoms. The Bertz CT molecular complexity index is 659. The molecule has 2 fully saturated rings. The average Bonchev–Trinajstić information content (AvgIpc) is 2.70. The van der Waals surface area contributed by atoms with Crippen LogP contribution in [0.3, 0.4) is 0 Å². The van der Waals surface area contributed by atoms with Crippen LogP contribution in [0, 0.1) is 18.3 Å². The van der Waals surface area contributed by atoms with Gasteiger partial charge in [0.1, 0.15) is 12.2 Å². The minimum atomic E-state index is -1.06. The quantitative estimate of drug-likeness (QED) is 0.687. The van der Waals surface area contributed by atoms with E-state index in [2.05, 4.69) is 12.0 Å². The predicted molar refractivity (Wildman–Crippen MR) is 102 cm³/mol. The first kappa shape index (κ1) is 20.3. The molecule has 0 unspecified atom stereocenters. The summed E-state index contributed by atoms with van der Waals surface area (Å²) in [7, 11) is 1.78. The van der Waals surface area contributed by atoms with Crippen molar-refractivity contribution in [2.24, 2.45) is 5.92 Å². The fraction of sp³-hybridized carbons (Fsp3) is 0.636. The first-order valence-corrected chi connectivity index (χ1v) is 9.80. The molecular weight excluding hydrogens is 344 g/mol. The zero-order valence-corrected chi connectivity index (χ0v) is 15.9. The average molecular weight is 374 g/mol. The Morgan fingerprint density at radius 2 is 1.96 bits per heavy atom. The van der Waals surface area contributed by atoms with Crippen LogP contribution in [-0.2, 0) is 15.9 Å². The number of hydrogen-bond acceptors (Lipinski definition) is 5. The van der Waals surface area contributed by atoms with Crippen molar-refractivity contribution in [1.29, 1.82) is 0 Å². The molecular formula is C22H30O5. The Balaban J connectivity index is 1.75. The molecule has 27 heavy (non-hydrogen) atoms. The van der Waals surface area contributed by atoms with Gasteiger partial charge in [-0.2, -0.15) is 0 Å². The smallest absolute Gasteiger partial charge is 0.110 e. The predicted octanol–water partition coefficient (Wildman–Crippen LogP) is 1.96. The highest BCUT2D eigenvalue weighted by Gasteiger charge is 2.37. The van der Waals surface area contributed by atoms with E-state index in [1.165, 1.54) is 0 Å². The second-order valence-corrected chi connectivity index (χ2v) is 7.78. The van der Waals surface area contributed by atoms with E-state index in [0.29, 0.717) is 18.4 Å². The van der Waals surface area contributed by atoms with E-state index >= 15 is 0 Å². The standard InChI is InChI=1S/C22H30O5/c1-3-15-6-7-16(20-12-19(24)22(25)21(13-23)27-20)11-17(15)10-14-4-8-18(26-2)9-5-14/h1,6-7,11,14,18-25H,4-5,8-10,12-13H2,2H3/t14?,18?,19-,20-,21-,22+/m1/s1. The summed E-state index contributed by atoms with van der Waals surface area (Å²) in [5, 5.41) is 29.4. The van der Waals surface area contributed by atoms with E-state index < -0.39 is 18.3 Å². The molecule has 1 saturated carbocycles. The van der Waals surface area contributed by atoms with E-state index in [9.17, 15) is 15.3 Å². The topological polar surface area (TPSA) is 79.2 Å². The van der Waals surface area contributed by atoms with Gasteiger partial charge >= 0.3 is 0 Å². The van der Waals surface area contributed by atoms with Crippen molar-refractivity contribution in [2.75, 3.05) is 13.7 Å². The first-order valence-electron chi connectivity index (χ1n) is 9.80. The van der Waals surface area contributed by atoms with Crippen molar-refractivity contribution in [1.82, 2.24) is 0 Å². The molecule has 1 aromatic carbocycles. The van der Waals surface area contributed by atoms with E-state index in [4.69, 9.17) is 15.9 Å². The highest BCUT2D eigenvalue weighted by molar-refractivity contribution is 5.43. The van der Waals surface area contributed by atoms with Crippen LogP contribution in [0.5, 0.6) is 0 Å². The van der Waals surface area contributed by atoms with Crippen molar-refractivity contribution >= 4 is 0 Å². The molecule has 0 amide bonds. The van der Waals surface area contributed by atoms with Crippen LogP contribution in [0.2, 0.25) is 0 Å². The molecule has 0 spiro atoms. The lowest BCUT2D eigenvalue weighted by molar-refractivity contribution is -0.181. The van der Waals surface area contributed by atoms with Gasteiger partial charge in [0.05, 0.1) is 24.9 Å². The van der Waals surface area contributed by atoms with E-state index in [-0.39, 0.29) is 12.7 Å². The number of rotatable bonds is 5. The molecule has 2 aliphatic rings. The number of aliphatic hydroxyl groups is 3. The van der Waals surface area contributed by atoms with Crippen molar-refractivity contribution in [3.8, 4) is 12.3 Å². The van der Waals surface area contributed by atoms with Gasteiger partial charge in [-0.1, -0.05) is 18.1 Å². The molecule has 1 saturated heterocycles. The molecule has 4 atom stereocenters. The Morgan fingerprint density at radius 1 is 1.22 bits per heavy atom. The van der Waals surface area contributed by atoms with Crippen molar-refractivity contribution in [3.05, 3.63) is 34.9 Å². The van der Waals surface area contributed by atoms with Crippen molar-refractivity contribution < 1.29 is 24.8 Å². The van der Waals surface area contributed by atoms with Crippen LogP contribution in [0.4, 0.5) is 0 Å². The zero-order chi connectivity index (χ0) is 19.4. The second-order valence-electron chi connectivity index (χ2n) is 7.78. The van der Waals surface area contributed by atoms with E-state index in [1.54, 1.807) is 7.11 Å². The van der Waals surface area contributed by atoms with Crippen LogP contribution in [0.1, 0.15) is 54.9 Å². The summed E-state index contributed by atoms with van der Waals surface area (Å²) < 4.78 is 11.3. The molecule has 3 N–H and O–H groups in total. The normalized spacial score (nSPS) is 34.2. The maximum atomic E-state index is 10.1. The minimum Gasteiger partial charge on any atom is -0.394 e. The summed E-state index contributed by atoms with van der Waals surface area (Å²) in [5.41, 5.74) is 2.95. The van der Waals surface area contributed by atoms with Crippen molar-refractivity contribution in [2.45, 2.75) is 69.0 Å². The van der Waals surface area contributed by atoms with Crippen molar-refractivity contribution in [3.63, 3.8) is 0 Å². The lowest BCUT2D eigenvalue weighted by Crippen LogP contribution is -2.47. The summed E-state index contributed by atoms with van der Waals surface area (Å²) in [6.45, 7) is -0.327. The summed E-state index contributed by atoms with van der Waals surface area (Å²) in [4.78, 5) is 0. The largest absolute Gasteiger partial charge is 0.394 e. The van der Waals surface area contributed by atoms with Gasteiger partial charge in [-0.3, -0.25) is 0 Å². The number of ether oxygens (including phenoxy) is 2. The van der Waals surface area contributed by atoms with Crippen LogP contribution >= 0.6 is 0 Å². The van der Waals surface area contributed by atoms with Crippen LogP contribution < -0.4 is 0 Å². The molecule has 1 aromatic rings. The molecule has 1 heterocycles. The fourth-order valence-corrected chi connectivity index (χ4v) is 4.33. The maximum Gasteiger partial charge on any atom is 0.110 e. The summed E-state index contributed by atoms with van der Waals surface area (Å²) in [6, 6.07) is 5.92. The van der Waals surface area contributed by atoms with Gasteiger partial charge in [-0.15, -0.1) is 6.42 Å². The van der Waals surface area contributed by atoms with Gasteiger partial charge < -0.3 is 24.8 Å². The minimum absolute atomic E-state index is 0.297. The molecule has 1 aliphatic heterocycles. The van der Waals surface area contributed by atoms with Gasteiger partial charge in [0.25, 0.3) is 0 Å². The summed E-state index contributed by atoms with van der Waals surface area (Å²) >= 11 is 0. The Kier molecular flexibility index (Phi) is 6.91. The molecule has 3 rings (SSSR count). The third kappa shape index (κ3) is 4.71. The highest BCUT2D eigenvalue weighted by atomic mass is 16.5. The van der Waals surface area contributed by atoms with Crippen LogP contribution in [-0.4, -0.2) is 53.5 Å². The van der Waals surface area contributed by atoms with Gasteiger partial charge in [-0.25, -0.2) is 0 Å².